The summed E-state index contributed by atoms with van der Waals surface area (Å²) in [7, 11) is 1.88. The molecule has 2 N–H and O–H groups in total. The molecule has 3 rings (SSSR count). The Labute approximate surface area is 167 Å². The van der Waals surface area contributed by atoms with E-state index < -0.39 is 11.2 Å². The number of carbonyl (C=O) groups is 1. The van der Waals surface area contributed by atoms with E-state index in [0.717, 1.165) is 22.4 Å². The number of hydrogen-bond acceptors (Lipinski definition) is 5. The molecule has 0 saturated carbocycles. The number of aromatic hydroxyl groups is 1. The van der Waals surface area contributed by atoms with Crippen molar-refractivity contribution in [3.63, 3.8) is 0 Å². The molecular formula is C19H21ClN2O4S. The fourth-order valence-corrected chi connectivity index (χ4v) is 3.27. The normalized spacial score (nSPS) is 11.8. The summed E-state index contributed by atoms with van der Waals surface area (Å²) in [6.45, 7) is 0.299. The molecule has 0 fully saturated rings. The second kappa shape index (κ2) is 9.01. The van der Waals surface area contributed by atoms with Gasteiger partial charge < -0.3 is 19.5 Å². The number of imidazole rings is 1. The van der Waals surface area contributed by atoms with Gasteiger partial charge in [0.1, 0.15) is 29.2 Å². The lowest BCUT2D eigenvalue weighted by molar-refractivity contribution is -0.136. The summed E-state index contributed by atoms with van der Waals surface area (Å²) in [5.41, 5.74) is 2.60. The van der Waals surface area contributed by atoms with Gasteiger partial charge in [-0.05, 0) is 42.5 Å². The van der Waals surface area contributed by atoms with Crippen LogP contribution < -0.4 is 4.74 Å². The largest absolute Gasteiger partial charge is 0.508 e. The van der Waals surface area contributed by atoms with Crippen LogP contribution in [0.25, 0.3) is 11.0 Å². The van der Waals surface area contributed by atoms with Crippen LogP contribution in [-0.4, -0.2) is 37.2 Å². The van der Waals surface area contributed by atoms with E-state index in [-0.39, 0.29) is 18.2 Å². The fraction of sp³-hybridized carbons (Fsp3) is 0.263. The molecule has 0 bridgehead atoms. The van der Waals surface area contributed by atoms with E-state index in [1.165, 1.54) is 11.8 Å². The molecule has 0 spiro atoms. The zero-order chi connectivity index (χ0) is 18.7. The molecule has 0 amide bonds. The maximum atomic E-state index is 11.1. The number of phenols is 1. The van der Waals surface area contributed by atoms with Gasteiger partial charge in [-0.1, -0.05) is 12.1 Å². The molecule has 8 heteroatoms. The highest BCUT2D eigenvalue weighted by Gasteiger charge is 2.16. The van der Waals surface area contributed by atoms with Crippen molar-refractivity contribution in [3.8, 4) is 11.5 Å². The summed E-state index contributed by atoms with van der Waals surface area (Å²) < 4.78 is 7.69. The lowest BCUT2D eigenvalue weighted by Crippen LogP contribution is -2.18. The Kier molecular flexibility index (Phi) is 6.98. The summed E-state index contributed by atoms with van der Waals surface area (Å²) in [4.78, 5) is 15.6. The zero-order valence-corrected chi connectivity index (χ0v) is 16.6. The SMILES string of the molecule is CSC(Cc1ccc(OCc2nc3ccc(O)cc3n2C)cc1)C(=O)O.Cl. The minimum atomic E-state index is -0.800. The number of phenolic OH excluding ortho intramolecular Hbond substituents is 1. The molecule has 6 nitrogen and oxygen atoms in total. The number of hydrogen-bond donors (Lipinski definition) is 2. The first-order valence-electron chi connectivity index (χ1n) is 8.09. The van der Waals surface area contributed by atoms with Gasteiger partial charge in [0.2, 0.25) is 0 Å². The van der Waals surface area contributed by atoms with Crippen LogP contribution in [0.1, 0.15) is 11.4 Å². The highest BCUT2D eigenvalue weighted by atomic mass is 35.5. The third-order valence-electron chi connectivity index (χ3n) is 4.23. The van der Waals surface area contributed by atoms with Crippen LogP contribution >= 0.6 is 24.2 Å². The van der Waals surface area contributed by atoms with Crippen LogP contribution in [0.4, 0.5) is 0 Å². The van der Waals surface area contributed by atoms with Crippen LogP contribution in [0.15, 0.2) is 42.5 Å². The van der Waals surface area contributed by atoms with Gasteiger partial charge in [-0.25, -0.2) is 4.98 Å². The van der Waals surface area contributed by atoms with Gasteiger partial charge in [-0.15, -0.1) is 24.2 Å². The molecule has 3 aromatic rings. The average molecular weight is 409 g/mol. The van der Waals surface area contributed by atoms with Crippen LogP contribution in [0.2, 0.25) is 0 Å². The number of fused-ring (bicyclic) bond motifs is 1. The number of rotatable bonds is 7. The van der Waals surface area contributed by atoms with Gasteiger partial charge in [0.05, 0.1) is 11.0 Å². The Bertz CT molecular complexity index is 927. The van der Waals surface area contributed by atoms with Crippen molar-refractivity contribution < 1.29 is 19.7 Å². The molecule has 144 valence electrons. The zero-order valence-electron chi connectivity index (χ0n) is 15.0. The first-order valence-corrected chi connectivity index (χ1v) is 9.38. The van der Waals surface area contributed by atoms with E-state index in [2.05, 4.69) is 4.98 Å². The summed E-state index contributed by atoms with van der Waals surface area (Å²) in [5, 5.41) is 18.3. The van der Waals surface area contributed by atoms with Crippen molar-refractivity contribution in [2.75, 3.05) is 6.26 Å². The smallest absolute Gasteiger partial charge is 0.316 e. The van der Waals surface area contributed by atoms with Crippen molar-refractivity contribution in [2.24, 2.45) is 7.05 Å². The molecule has 0 aliphatic carbocycles. The van der Waals surface area contributed by atoms with Crippen LogP contribution in [0.3, 0.4) is 0 Å². The molecule has 0 saturated heterocycles. The molecule has 0 radical (unpaired) electrons. The first kappa shape index (κ1) is 20.9. The van der Waals surface area contributed by atoms with Crippen LogP contribution in [0, 0.1) is 0 Å². The summed E-state index contributed by atoms with van der Waals surface area (Å²) in [6.07, 6.45) is 2.28. The van der Waals surface area contributed by atoms with E-state index in [1.807, 2.05) is 35.9 Å². The van der Waals surface area contributed by atoms with Crippen LogP contribution in [0.5, 0.6) is 11.5 Å². The van der Waals surface area contributed by atoms with Crippen LogP contribution in [-0.2, 0) is 24.9 Å². The number of halogens is 1. The number of nitrogens with zero attached hydrogens (tertiary/aromatic N) is 2. The number of carboxylic acid groups (broad SMARTS) is 1. The lowest BCUT2D eigenvalue weighted by Gasteiger charge is -2.10. The second-order valence-corrected chi connectivity index (χ2v) is 7.00. The van der Waals surface area contributed by atoms with E-state index in [9.17, 15) is 9.90 Å². The Morgan fingerprint density at radius 2 is 1.96 bits per heavy atom. The lowest BCUT2D eigenvalue weighted by atomic mass is 10.1. The number of ether oxygens (including phenoxy) is 1. The van der Waals surface area contributed by atoms with E-state index >= 15 is 0 Å². The minimum Gasteiger partial charge on any atom is -0.508 e. The Hall–Kier alpha value is -2.38. The number of benzene rings is 2. The topological polar surface area (TPSA) is 84.6 Å². The Morgan fingerprint density at radius 3 is 2.59 bits per heavy atom. The standard InChI is InChI=1S/C19H20N2O4S.ClH/c1-21-16-10-13(22)5-8-15(16)20-18(21)11-25-14-6-3-12(4-7-14)9-17(26-2)19(23)24;/h3-8,10,17,22H,9,11H2,1-2H3,(H,23,24);1H. The van der Waals surface area contributed by atoms with Gasteiger partial charge in [0.15, 0.2) is 0 Å². The first-order chi connectivity index (χ1) is 12.5. The summed E-state index contributed by atoms with van der Waals surface area (Å²) >= 11 is 1.33. The number of carboxylic acids is 1. The van der Waals surface area contributed by atoms with Crippen molar-refractivity contribution >= 4 is 41.2 Å². The second-order valence-electron chi connectivity index (χ2n) is 5.96. The van der Waals surface area contributed by atoms with Gasteiger partial charge >= 0.3 is 5.97 Å². The van der Waals surface area contributed by atoms with E-state index in [4.69, 9.17) is 9.84 Å². The fourth-order valence-electron chi connectivity index (χ4n) is 2.71. The highest BCUT2D eigenvalue weighted by Crippen LogP contribution is 2.22. The molecule has 0 aliphatic rings. The maximum Gasteiger partial charge on any atom is 0.316 e. The van der Waals surface area contributed by atoms with Crippen molar-refractivity contribution in [1.82, 2.24) is 9.55 Å². The summed E-state index contributed by atoms with van der Waals surface area (Å²) in [6, 6.07) is 12.5. The Balaban J connectivity index is 0.00000261. The predicted molar refractivity (Wildman–Crippen MR) is 109 cm³/mol. The minimum absolute atomic E-state index is 0. The Morgan fingerprint density at radius 1 is 1.26 bits per heavy atom. The maximum absolute atomic E-state index is 11.1. The quantitative estimate of drug-likeness (QED) is 0.620. The molecule has 1 atom stereocenters. The molecule has 2 aromatic carbocycles. The number of aliphatic carboxylic acids is 1. The van der Waals surface area contributed by atoms with E-state index in [0.29, 0.717) is 18.8 Å². The number of thioether (sulfide) groups is 1. The number of aryl methyl sites for hydroxylation is 1. The molecule has 1 unspecified atom stereocenters. The molecular weight excluding hydrogens is 388 g/mol. The highest BCUT2D eigenvalue weighted by molar-refractivity contribution is 7.99. The molecule has 0 aliphatic heterocycles. The van der Waals surface area contributed by atoms with Crippen molar-refractivity contribution in [3.05, 3.63) is 53.9 Å². The van der Waals surface area contributed by atoms with E-state index in [1.54, 1.807) is 24.5 Å². The molecule has 1 aromatic heterocycles. The van der Waals surface area contributed by atoms with Crippen molar-refractivity contribution in [2.45, 2.75) is 18.3 Å². The van der Waals surface area contributed by atoms with Gasteiger partial charge in [0, 0.05) is 13.1 Å². The average Bonchev–Trinajstić information content (AvgIpc) is 2.94. The van der Waals surface area contributed by atoms with Gasteiger partial charge in [0.25, 0.3) is 0 Å². The van der Waals surface area contributed by atoms with Gasteiger partial charge in [-0.3, -0.25) is 4.79 Å². The monoisotopic (exact) mass is 408 g/mol. The van der Waals surface area contributed by atoms with Gasteiger partial charge in [-0.2, -0.15) is 0 Å². The number of aromatic nitrogens is 2. The molecule has 27 heavy (non-hydrogen) atoms. The van der Waals surface area contributed by atoms with Crippen molar-refractivity contribution in [1.29, 1.82) is 0 Å². The third kappa shape index (κ3) is 4.87. The molecule has 1 heterocycles. The third-order valence-corrected chi connectivity index (χ3v) is 5.17. The predicted octanol–water partition coefficient (Wildman–Crippen LogP) is 3.64. The summed E-state index contributed by atoms with van der Waals surface area (Å²) in [5.74, 6) is 0.849.